The Morgan fingerprint density at radius 1 is 1.12 bits per heavy atom. The number of fused-ring (bicyclic) bond motifs is 1. The van der Waals surface area contributed by atoms with Gasteiger partial charge in [0.2, 0.25) is 5.91 Å². The van der Waals surface area contributed by atoms with E-state index in [-0.39, 0.29) is 11.9 Å². The first kappa shape index (κ1) is 16.8. The summed E-state index contributed by atoms with van der Waals surface area (Å²) >= 11 is 0. The molecule has 3 aromatic rings. The Bertz CT molecular complexity index is 894. The Labute approximate surface area is 154 Å². The summed E-state index contributed by atoms with van der Waals surface area (Å²) in [4.78, 5) is 17.6. The zero-order valence-electron chi connectivity index (χ0n) is 15.2. The minimum atomic E-state index is -0.234. The average Bonchev–Trinajstić information content (AvgIpc) is 3.29. The van der Waals surface area contributed by atoms with Crippen LogP contribution in [0.25, 0.3) is 11.0 Å². The van der Waals surface area contributed by atoms with E-state index in [0.29, 0.717) is 12.3 Å². The summed E-state index contributed by atoms with van der Waals surface area (Å²) in [7, 11) is 2.02. The minimum Gasteiger partial charge on any atom is -0.342 e. The lowest BCUT2D eigenvalue weighted by Gasteiger charge is -2.20. The Balaban J connectivity index is 1.66. The highest BCUT2D eigenvalue weighted by Gasteiger charge is 2.25. The molecule has 1 atom stereocenters. The van der Waals surface area contributed by atoms with Crippen LogP contribution in [0.2, 0.25) is 0 Å². The quantitative estimate of drug-likeness (QED) is 0.745. The highest BCUT2D eigenvalue weighted by Crippen LogP contribution is 2.29. The predicted octanol–water partition coefficient (Wildman–Crippen LogP) is 4.36. The molecule has 1 aromatic heterocycles. The summed E-state index contributed by atoms with van der Waals surface area (Å²) in [5.41, 5.74) is 3.09. The van der Waals surface area contributed by atoms with Gasteiger partial charge in [-0.25, -0.2) is 4.98 Å². The molecule has 134 valence electrons. The number of nitrogens with zero attached hydrogens (tertiary/aromatic N) is 2. The number of hydrogen-bond donors (Lipinski definition) is 1. The van der Waals surface area contributed by atoms with E-state index in [4.69, 9.17) is 4.98 Å². The fraction of sp³-hybridized carbons (Fsp3) is 0.364. The average molecular weight is 347 g/mol. The van der Waals surface area contributed by atoms with Gasteiger partial charge >= 0.3 is 0 Å². The van der Waals surface area contributed by atoms with Crippen LogP contribution in [-0.2, 0) is 11.8 Å². The molecular weight excluding hydrogens is 322 g/mol. The molecule has 1 aliphatic rings. The van der Waals surface area contributed by atoms with Crippen molar-refractivity contribution in [2.45, 2.75) is 38.1 Å². The Morgan fingerprint density at radius 3 is 2.54 bits per heavy atom. The molecule has 26 heavy (non-hydrogen) atoms. The molecule has 4 rings (SSSR count). The third kappa shape index (κ3) is 3.36. The van der Waals surface area contributed by atoms with Crippen molar-refractivity contribution in [2.75, 3.05) is 0 Å². The molecule has 4 heteroatoms. The van der Waals surface area contributed by atoms with Crippen molar-refractivity contribution in [1.82, 2.24) is 14.9 Å². The molecule has 1 saturated carbocycles. The van der Waals surface area contributed by atoms with Crippen LogP contribution in [0.3, 0.4) is 0 Å². The lowest BCUT2D eigenvalue weighted by atomic mass is 10.0. The second kappa shape index (κ2) is 7.32. The van der Waals surface area contributed by atoms with Gasteiger partial charge < -0.3 is 9.88 Å². The van der Waals surface area contributed by atoms with Crippen LogP contribution in [0, 0.1) is 5.92 Å². The van der Waals surface area contributed by atoms with Gasteiger partial charge in [-0.1, -0.05) is 55.3 Å². The van der Waals surface area contributed by atoms with E-state index in [0.717, 1.165) is 22.4 Å². The van der Waals surface area contributed by atoms with Gasteiger partial charge in [-0.05, 0) is 36.5 Å². The van der Waals surface area contributed by atoms with Crippen LogP contribution < -0.4 is 5.32 Å². The molecule has 2 aromatic carbocycles. The molecule has 0 radical (unpaired) electrons. The zero-order chi connectivity index (χ0) is 17.9. The van der Waals surface area contributed by atoms with E-state index < -0.39 is 0 Å². The number of amides is 1. The molecule has 1 fully saturated rings. The third-order valence-corrected chi connectivity index (χ3v) is 5.47. The number of carbonyl (C=O) groups excluding carboxylic acids is 1. The summed E-state index contributed by atoms with van der Waals surface area (Å²) in [6, 6.07) is 18.0. The SMILES string of the molecule is Cn1c(C(NC(=O)CC2CCCC2)c2ccccc2)nc2ccccc21. The highest BCUT2D eigenvalue weighted by atomic mass is 16.1. The minimum absolute atomic E-state index is 0.123. The summed E-state index contributed by atoms with van der Waals surface area (Å²) in [5.74, 6) is 1.53. The molecule has 0 aliphatic heterocycles. The topological polar surface area (TPSA) is 46.9 Å². The lowest BCUT2D eigenvalue weighted by Crippen LogP contribution is -2.32. The molecule has 1 N–H and O–H groups in total. The number of rotatable bonds is 5. The van der Waals surface area contributed by atoms with Crippen molar-refractivity contribution in [2.24, 2.45) is 13.0 Å². The van der Waals surface area contributed by atoms with Gasteiger partial charge in [-0.2, -0.15) is 0 Å². The number of nitrogens with one attached hydrogen (secondary N) is 1. The van der Waals surface area contributed by atoms with E-state index in [1.165, 1.54) is 25.7 Å². The van der Waals surface area contributed by atoms with Gasteiger partial charge in [-0.15, -0.1) is 0 Å². The Morgan fingerprint density at radius 2 is 1.81 bits per heavy atom. The van der Waals surface area contributed by atoms with E-state index >= 15 is 0 Å². The number of imidazole rings is 1. The highest BCUT2D eigenvalue weighted by molar-refractivity contribution is 5.78. The molecule has 1 aliphatic carbocycles. The maximum Gasteiger partial charge on any atom is 0.221 e. The molecule has 1 amide bonds. The fourth-order valence-corrected chi connectivity index (χ4v) is 4.06. The molecule has 0 saturated heterocycles. The standard InChI is InChI=1S/C22H25N3O/c1-25-19-14-8-7-13-18(19)23-22(25)21(17-11-3-2-4-12-17)24-20(26)15-16-9-5-6-10-16/h2-4,7-8,11-14,16,21H,5-6,9-10,15H2,1H3,(H,24,26). The largest absolute Gasteiger partial charge is 0.342 e. The predicted molar refractivity (Wildman–Crippen MR) is 104 cm³/mol. The van der Waals surface area contributed by atoms with Gasteiger partial charge in [-0.3, -0.25) is 4.79 Å². The van der Waals surface area contributed by atoms with Gasteiger partial charge in [0.1, 0.15) is 11.9 Å². The van der Waals surface area contributed by atoms with Crippen LogP contribution in [0.5, 0.6) is 0 Å². The summed E-state index contributed by atoms with van der Waals surface area (Å²) in [6.45, 7) is 0. The Kier molecular flexibility index (Phi) is 4.74. The van der Waals surface area contributed by atoms with Crippen LogP contribution in [0.1, 0.15) is 49.5 Å². The third-order valence-electron chi connectivity index (χ3n) is 5.47. The summed E-state index contributed by atoms with van der Waals surface area (Å²) < 4.78 is 2.09. The number of hydrogen-bond acceptors (Lipinski definition) is 2. The van der Waals surface area contributed by atoms with Crippen molar-refractivity contribution in [1.29, 1.82) is 0 Å². The first-order valence-electron chi connectivity index (χ1n) is 9.48. The number of aryl methyl sites for hydroxylation is 1. The van der Waals surface area contributed by atoms with E-state index in [1.807, 2.05) is 43.4 Å². The maximum atomic E-state index is 12.7. The second-order valence-electron chi connectivity index (χ2n) is 7.28. The summed E-state index contributed by atoms with van der Waals surface area (Å²) in [5, 5.41) is 3.26. The number of aromatic nitrogens is 2. The zero-order valence-corrected chi connectivity index (χ0v) is 15.2. The van der Waals surface area contributed by atoms with Crippen molar-refractivity contribution < 1.29 is 4.79 Å². The monoisotopic (exact) mass is 347 g/mol. The van der Waals surface area contributed by atoms with Crippen LogP contribution in [-0.4, -0.2) is 15.5 Å². The normalized spacial score (nSPS) is 16.0. The first-order chi connectivity index (χ1) is 12.7. The van der Waals surface area contributed by atoms with Crippen molar-refractivity contribution in [3.05, 3.63) is 66.0 Å². The molecule has 0 spiro atoms. The molecule has 1 heterocycles. The van der Waals surface area contributed by atoms with Crippen LogP contribution in [0.15, 0.2) is 54.6 Å². The molecular formula is C22H25N3O. The van der Waals surface area contributed by atoms with E-state index in [1.54, 1.807) is 0 Å². The van der Waals surface area contributed by atoms with Gasteiger partial charge in [0, 0.05) is 13.5 Å². The van der Waals surface area contributed by atoms with Crippen LogP contribution >= 0.6 is 0 Å². The van der Waals surface area contributed by atoms with Gasteiger partial charge in [0.15, 0.2) is 0 Å². The lowest BCUT2D eigenvalue weighted by molar-refractivity contribution is -0.122. The maximum absolute atomic E-state index is 12.7. The van der Waals surface area contributed by atoms with E-state index in [9.17, 15) is 4.79 Å². The second-order valence-corrected chi connectivity index (χ2v) is 7.28. The van der Waals surface area contributed by atoms with Crippen molar-refractivity contribution in [3.8, 4) is 0 Å². The molecule has 1 unspecified atom stereocenters. The smallest absolute Gasteiger partial charge is 0.221 e. The number of benzene rings is 2. The molecule has 0 bridgehead atoms. The summed E-state index contributed by atoms with van der Waals surface area (Å²) in [6.07, 6.45) is 5.48. The van der Waals surface area contributed by atoms with Gasteiger partial charge in [0.25, 0.3) is 0 Å². The fourth-order valence-electron chi connectivity index (χ4n) is 4.06. The van der Waals surface area contributed by atoms with Gasteiger partial charge in [0.05, 0.1) is 11.0 Å². The Hall–Kier alpha value is -2.62. The first-order valence-corrected chi connectivity index (χ1v) is 9.48. The van der Waals surface area contributed by atoms with E-state index in [2.05, 4.69) is 28.1 Å². The number of para-hydroxylation sites is 2. The van der Waals surface area contributed by atoms with Crippen molar-refractivity contribution in [3.63, 3.8) is 0 Å². The van der Waals surface area contributed by atoms with Crippen LogP contribution in [0.4, 0.5) is 0 Å². The van der Waals surface area contributed by atoms with Crippen molar-refractivity contribution >= 4 is 16.9 Å². The number of carbonyl (C=O) groups is 1. The molecule has 4 nitrogen and oxygen atoms in total.